The average Bonchev–Trinajstić information content (AvgIpc) is 3.80. The van der Waals surface area contributed by atoms with Gasteiger partial charge in [-0.3, -0.25) is 39.3 Å². The molecule has 13 heteroatoms. The van der Waals surface area contributed by atoms with Crippen molar-refractivity contribution in [2.45, 2.75) is 51.6 Å². The number of nitrogens with one attached hydrogen (secondary N) is 3. The first-order valence-electron chi connectivity index (χ1n) is 18.7. The summed E-state index contributed by atoms with van der Waals surface area (Å²) >= 11 is 0. The summed E-state index contributed by atoms with van der Waals surface area (Å²) < 4.78 is 1.97. The molecule has 0 saturated carbocycles. The zero-order valence-electron chi connectivity index (χ0n) is 31.6. The zero-order chi connectivity index (χ0) is 39.8. The van der Waals surface area contributed by atoms with E-state index in [0.29, 0.717) is 41.9 Å². The number of rotatable bonds is 8. The van der Waals surface area contributed by atoms with Crippen molar-refractivity contribution >= 4 is 45.8 Å². The number of carbonyl (C=O) groups excluding carboxylic acids is 5. The maximum absolute atomic E-state index is 13.1. The number of hydrogen-bond acceptors (Lipinski definition) is 8. The van der Waals surface area contributed by atoms with Gasteiger partial charge in [-0.25, -0.2) is 4.98 Å². The number of imidazole rings is 1. The lowest BCUT2D eigenvalue weighted by atomic mass is 9.96. The van der Waals surface area contributed by atoms with Crippen LogP contribution in [0, 0.1) is 11.8 Å². The fourth-order valence-corrected chi connectivity index (χ4v) is 7.46. The predicted octanol–water partition coefficient (Wildman–Crippen LogP) is 5.03. The molecule has 1 unspecified atom stereocenters. The minimum atomic E-state index is -0.694. The Hall–Kier alpha value is -7.20. The van der Waals surface area contributed by atoms with Gasteiger partial charge in [-0.15, -0.1) is 0 Å². The number of fused-ring (bicyclic) bond motifs is 3. The second-order valence-electron chi connectivity index (χ2n) is 14.3. The Labute approximate surface area is 327 Å². The van der Waals surface area contributed by atoms with E-state index in [1.165, 1.54) is 4.90 Å². The zero-order valence-corrected chi connectivity index (χ0v) is 31.6. The first kappa shape index (κ1) is 36.8. The molecule has 0 spiro atoms. The van der Waals surface area contributed by atoms with Crippen molar-refractivity contribution < 1.29 is 24.0 Å². The molecular weight excluding hydrogens is 721 g/mol. The fourth-order valence-electron chi connectivity index (χ4n) is 7.46. The molecule has 4 aromatic heterocycles. The number of carbonyl (C=O) groups is 5. The summed E-state index contributed by atoms with van der Waals surface area (Å²) in [6, 6.07) is 20.3. The second-order valence-corrected chi connectivity index (χ2v) is 14.3. The number of imide groups is 1. The lowest BCUT2D eigenvalue weighted by Gasteiger charge is -2.29. The van der Waals surface area contributed by atoms with Gasteiger partial charge in [0.05, 0.1) is 11.2 Å². The molecule has 1 atom stereocenters. The van der Waals surface area contributed by atoms with Gasteiger partial charge < -0.3 is 19.9 Å². The third-order valence-corrected chi connectivity index (χ3v) is 10.4. The van der Waals surface area contributed by atoms with Gasteiger partial charge in [0.2, 0.25) is 11.8 Å². The molecule has 2 aliphatic heterocycles. The number of aromatic nitrogens is 4. The van der Waals surface area contributed by atoms with E-state index in [0.717, 1.165) is 44.2 Å². The molecule has 57 heavy (non-hydrogen) atoms. The molecule has 13 nitrogen and oxygen atoms in total. The molecule has 0 radical (unpaired) electrons. The van der Waals surface area contributed by atoms with E-state index in [9.17, 15) is 24.0 Å². The van der Waals surface area contributed by atoms with Gasteiger partial charge >= 0.3 is 0 Å². The van der Waals surface area contributed by atoms with Crippen LogP contribution in [0.2, 0.25) is 0 Å². The van der Waals surface area contributed by atoms with E-state index >= 15 is 0 Å². The predicted molar refractivity (Wildman–Crippen MR) is 213 cm³/mol. The topological polar surface area (TPSA) is 168 Å². The minimum absolute atomic E-state index is 0.183. The minimum Gasteiger partial charge on any atom is -0.354 e. The number of hydrogen-bond donors (Lipinski definition) is 3. The van der Waals surface area contributed by atoms with Crippen LogP contribution >= 0.6 is 0 Å². The number of amides is 5. The maximum atomic E-state index is 13.1. The Kier molecular flexibility index (Phi) is 9.77. The Balaban J connectivity index is 0.927. The smallest absolute Gasteiger partial charge is 0.271 e. The molecule has 1 fully saturated rings. The lowest BCUT2D eigenvalue weighted by molar-refractivity contribution is -0.136. The third kappa shape index (κ3) is 6.97. The molecule has 0 aliphatic carbocycles. The quantitative estimate of drug-likeness (QED) is 0.110. The number of nitrogens with zero attached hydrogens (tertiary/aromatic N) is 5. The van der Waals surface area contributed by atoms with E-state index in [4.69, 9.17) is 4.98 Å². The normalized spacial score (nSPS) is 15.1. The molecule has 284 valence electrons. The van der Waals surface area contributed by atoms with Gasteiger partial charge in [-0.05, 0) is 76.9 Å². The van der Waals surface area contributed by atoms with Crippen LogP contribution in [0.15, 0.2) is 85.5 Å². The molecule has 1 saturated heterocycles. The van der Waals surface area contributed by atoms with E-state index < -0.39 is 11.9 Å². The highest BCUT2D eigenvalue weighted by molar-refractivity contribution is 6.06. The molecule has 6 heterocycles. The van der Waals surface area contributed by atoms with Crippen molar-refractivity contribution in [2.24, 2.45) is 0 Å². The molecule has 5 amide bonds. The number of piperidine rings is 1. The van der Waals surface area contributed by atoms with Crippen LogP contribution in [0.3, 0.4) is 0 Å². The standard InChI is InChI=1S/C44H38N8O5/c1-25(2)37-19-29(20-38-40(43(56)45-3)49-24-52(37)38)30-11-7-10-27-18-35(48-22-32(27)30)28-13-14-34(47-21-28)41(54)46-17-5-4-8-26-9-6-12-31-33(26)23-51(44(31)57)36-15-16-39(53)50-42(36)55/h6-7,9-14,18-22,24-25,36H,5,15-17,23H2,1-3H3,(H,45,56)(H,46,54)(H,50,53,55). The van der Waals surface area contributed by atoms with Crippen LogP contribution in [0.4, 0.5) is 0 Å². The molecule has 2 aliphatic rings. The third-order valence-electron chi connectivity index (χ3n) is 10.4. The van der Waals surface area contributed by atoms with Crippen molar-refractivity contribution in [1.82, 2.24) is 40.2 Å². The van der Waals surface area contributed by atoms with Crippen molar-refractivity contribution in [3.05, 3.63) is 119 Å². The Morgan fingerprint density at radius 2 is 1.75 bits per heavy atom. The average molecular weight is 759 g/mol. The summed E-state index contributed by atoms with van der Waals surface area (Å²) in [6.45, 7) is 4.75. The van der Waals surface area contributed by atoms with E-state index in [-0.39, 0.29) is 48.2 Å². The van der Waals surface area contributed by atoms with Gasteiger partial charge in [0.15, 0.2) is 5.69 Å². The van der Waals surface area contributed by atoms with Gasteiger partial charge in [0.1, 0.15) is 18.1 Å². The summed E-state index contributed by atoms with van der Waals surface area (Å²) in [6.07, 6.45) is 6.01. The van der Waals surface area contributed by atoms with E-state index in [2.05, 4.69) is 57.7 Å². The summed E-state index contributed by atoms with van der Waals surface area (Å²) in [5, 5.41) is 9.79. The van der Waals surface area contributed by atoms with Crippen LogP contribution in [0.25, 0.3) is 38.7 Å². The van der Waals surface area contributed by atoms with Gasteiger partial charge in [0, 0.05) is 73.1 Å². The summed E-state index contributed by atoms with van der Waals surface area (Å²) in [4.78, 5) is 77.8. The van der Waals surface area contributed by atoms with Crippen molar-refractivity contribution in [3.8, 4) is 34.2 Å². The molecule has 0 bridgehead atoms. The summed E-state index contributed by atoms with van der Waals surface area (Å²) in [5.74, 6) is 4.76. The SMILES string of the molecule is CNC(=O)c1ncn2c(C(C)C)cc(-c3cccc4cc(-c5ccc(C(=O)NCCC#Cc6cccc7c6CN(C6CCC(=O)NC6=O)C7=O)nc5)ncc34)cc12. The first-order valence-corrected chi connectivity index (χ1v) is 18.7. The number of benzene rings is 2. The highest BCUT2D eigenvalue weighted by atomic mass is 16.2. The Morgan fingerprint density at radius 3 is 2.53 bits per heavy atom. The van der Waals surface area contributed by atoms with Crippen molar-refractivity contribution in [2.75, 3.05) is 13.6 Å². The molecule has 8 rings (SSSR count). The largest absolute Gasteiger partial charge is 0.354 e. The van der Waals surface area contributed by atoms with Crippen LogP contribution < -0.4 is 16.0 Å². The Morgan fingerprint density at radius 1 is 0.930 bits per heavy atom. The Bertz CT molecular complexity index is 2710. The summed E-state index contributed by atoms with van der Waals surface area (Å²) in [5.41, 5.74) is 7.73. The molecular formula is C44H38N8O5. The highest BCUT2D eigenvalue weighted by Gasteiger charge is 2.39. The summed E-state index contributed by atoms with van der Waals surface area (Å²) in [7, 11) is 1.60. The second kappa shape index (κ2) is 15.1. The van der Waals surface area contributed by atoms with Crippen LogP contribution in [0.1, 0.15) is 87.2 Å². The van der Waals surface area contributed by atoms with Gasteiger partial charge in [0.25, 0.3) is 17.7 Å². The number of pyridine rings is 3. The highest BCUT2D eigenvalue weighted by Crippen LogP contribution is 2.34. The first-order chi connectivity index (χ1) is 27.6. The van der Waals surface area contributed by atoms with Crippen LogP contribution in [-0.4, -0.2) is 73.4 Å². The monoisotopic (exact) mass is 758 g/mol. The molecule has 3 N–H and O–H groups in total. The van der Waals surface area contributed by atoms with E-state index in [1.54, 1.807) is 37.8 Å². The lowest BCUT2D eigenvalue weighted by Crippen LogP contribution is -2.52. The van der Waals surface area contributed by atoms with Gasteiger partial charge in [-0.1, -0.05) is 50.0 Å². The fraction of sp³-hybridized carbons (Fsp3) is 0.227. The maximum Gasteiger partial charge on any atom is 0.271 e. The van der Waals surface area contributed by atoms with Crippen LogP contribution in [-0.2, 0) is 16.1 Å². The van der Waals surface area contributed by atoms with Gasteiger partial charge in [-0.2, -0.15) is 0 Å². The van der Waals surface area contributed by atoms with Crippen molar-refractivity contribution in [1.29, 1.82) is 0 Å². The van der Waals surface area contributed by atoms with Crippen LogP contribution in [0.5, 0.6) is 0 Å². The van der Waals surface area contributed by atoms with E-state index in [1.807, 2.05) is 53.1 Å². The molecule has 2 aromatic carbocycles. The molecule has 6 aromatic rings. The van der Waals surface area contributed by atoms with Crippen molar-refractivity contribution in [3.63, 3.8) is 0 Å².